The molecule has 96 valence electrons. The van der Waals surface area contributed by atoms with Crippen molar-refractivity contribution >= 4 is 9.84 Å². The molecule has 6 heteroatoms. The molecule has 0 aliphatic rings. The van der Waals surface area contributed by atoms with Crippen LogP contribution in [0.5, 0.6) is 0 Å². The maximum Gasteiger partial charge on any atom is 0.284 e. The third kappa shape index (κ3) is 3.00. The van der Waals surface area contributed by atoms with Gasteiger partial charge in [-0.2, -0.15) is 0 Å². The largest absolute Gasteiger partial charge is 0.284 e. The van der Waals surface area contributed by atoms with Gasteiger partial charge in [0.2, 0.25) is 9.84 Å². The van der Waals surface area contributed by atoms with E-state index < -0.39 is 26.7 Å². The molecule has 0 spiro atoms. The summed E-state index contributed by atoms with van der Waals surface area (Å²) in [7, 11) is -4.60. The molecule has 0 heterocycles. The van der Waals surface area contributed by atoms with E-state index in [-0.39, 0.29) is 5.92 Å². The van der Waals surface area contributed by atoms with E-state index in [9.17, 15) is 21.6 Å². The number of hydrogen-bond donors (Lipinski definition) is 0. The van der Waals surface area contributed by atoms with Crippen LogP contribution < -0.4 is 0 Å². The second kappa shape index (κ2) is 5.08. The van der Waals surface area contributed by atoms with E-state index in [1.807, 2.05) is 13.8 Å². The Labute approximate surface area is 98.4 Å². The highest BCUT2D eigenvalue weighted by Crippen LogP contribution is 2.23. The number of rotatable bonds is 4. The molecule has 0 bridgehead atoms. The number of halogens is 3. The molecule has 1 unspecified atom stereocenters. The second-order valence-electron chi connectivity index (χ2n) is 3.95. The topological polar surface area (TPSA) is 34.1 Å². The normalized spacial score (nSPS) is 14.3. The van der Waals surface area contributed by atoms with Crippen LogP contribution in [0, 0.1) is 0 Å². The van der Waals surface area contributed by atoms with E-state index in [4.69, 9.17) is 0 Å². The van der Waals surface area contributed by atoms with Gasteiger partial charge < -0.3 is 0 Å². The minimum Gasteiger partial charge on any atom is -0.223 e. The van der Waals surface area contributed by atoms with E-state index in [0.29, 0.717) is 0 Å². The Morgan fingerprint density at radius 3 is 1.82 bits per heavy atom. The molecular formula is C11H13F3O2S. The molecule has 0 fully saturated rings. The average molecular weight is 266 g/mol. The molecule has 0 N–H and O–H groups in total. The van der Waals surface area contributed by atoms with Crippen molar-refractivity contribution in [3.05, 3.63) is 29.8 Å². The van der Waals surface area contributed by atoms with E-state index in [1.165, 1.54) is 12.1 Å². The monoisotopic (exact) mass is 266 g/mol. The molecular weight excluding hydrogens is 253 g/mol. The van der Waals surface area contributed by atoms with Gasteiger partial charge in [0, 0.05) is 0 Å². The van der Waals surface area contributed by atoms with Gasteiger partial charge in [0.15, 0.2) is 0 Å². The van der Waals surface area contributed by atoms with E-state index in [0.717, 1.165) is 17.7 Å². The van der Waals surface area contributed by atoms with Crippen molar-refractivity contribution in [1.82, 2.24) is 0 Å². The van der Waals surface area contributed by atoms with Crippen LogP contribution in [0.15, 0.2) is 29.2 Å². The summed E-state index contributed by atoms with van der Waals surface area (Å²) in [5, 5.41) is 0. The SMILES string of the molecule is CC(C)c1ccc(S(=O)(=O)C(F)C(F)F)cc1. The third-order valence-electron chi connectivity index (χ3n) is 2.37. The van der Waals surface area contributed by atoms with Crippen LogP contribution in [0.3, 0.4) is 0 Å². The Hall–Kier alpha value is -1.04. The predicted molar refractivity (Wildman–Crippen MR) is 58.6 cm³/mol. The van der Waals surface area contributed by atoms with Crippen LogP contribution in [0.4, 0.5) is 13.2 Å². The summed E-state index contributed by atoms with van der Waals surface area (Å²) in [6.07, 6.45) is -3.54. The van der Waals surface area contributed by atoms with Crippen molar-refractivity contribution in [1.29, 1.82) is 0 Å². The summed E-state index contributed by atoms with van der Waals surface area (Å²) in [5.74, 6) is 0.183. The van der Waals surface area contributed by atoms with Gasteiger partial charge in [-0.15, -0.1) is 0 Å². The van der Waals surface area contributed by atoms with Crippen LogP contribution in [-0.4, -0.2) is 20.3 Å². The maximum atomic E-state index is 12.9. The summed E-state index contributed by atoms with van der Waals surface area (Å²) in [5.41, 5.74) is -2.32. The highest BCUT2D eigenvalue weighted by Gasteiger charge is 2.35. The molecule has 1 aromatic carbocycles. The first-order chi connectivity index (χ1) is 7.76. The third-order valence-corrected chi connectivity index (χ3v) is 4.10. The Balaban J connectivity index is 3.09. The molecule has 1 atom stereocenters. The minimum absolute atomic E-state index is 0.183. The van der Waals surface area contributed by atoms with Gasteiger partial charge in [-0.05, 0) is 23.6 Å². The van der Waals surface area contributed by atoms with E-state index >= 15 is 0 Å². The van der Waals surface area contributed by atoms with Crippen LogP contribution in [0.2, 0.25) is 0 Å². The lowest BCUT2D eigenvalue weighted by molar-refractivity contribution is 0.0902. The van der Waals surface area contributed by atoms with Gasteiger partial charge in [-0.1, -0.05) is 26.0 Å². The molecule has 1 rings (SSSR count). The van der Waals surface area contributed by atoms with Gasteiger partial charge in [0.05, 0.1) is 4.90 Å². The number of benzene rings is 1. The summed E-state index contributed by atoms with van der Waals surface area (Å²) in [6.45, 7) is 3.81. The lowest BCUT2D eigenvalue weighted by Crippen LogP contribution is -2.24. The fourth-order valence-corrected chi connectivity index (χ4v) is 2.35. The standard InChI is InChI=1S/C11H13F3O2S/c1-7(2)8-3-5-9(6-4-8)17(15,16)11(14)10(12)13/h3-7,10-11H,1-2H3. The Morgan fingerprint density at radius 2 is 1.47 bits per heavy atom. The number of sulfone groups is 1. The molecule has 0 saturated carbocycles. The van der Waals surface area contributed by atoms with Gasteiger partial charge in [-0.3, -0.25) is 0 Å². The lowest BCUT2D eigenvalue weighted by Gasteiger charge is -2.10. The van der Waals surface area contributed by atoms with Gasteiger partial charge in [0.1, 0.15) is 0 Å². The molecule has 2 nitrogen and oxygen atoms in total. The fraction of sp³-hybridized carbons (Fsp3) is 0.455. The molecule has 0 aliphatic heterocycles. The van der Waals surface area contributed by atoms with E-state index in [2.05, 4.69) is 0 Å². The second-order valence-corrected chi connectivity index (χ2v) is 5.97. The van der Waals surface area contributed by atoms with Gasteiger partial charge >= 0.3 is 0 Å². The highest BCUT2D eigenvalue weighted by atomic mass is 32.2. The van der Waals surface area contributed by atoms with Crippen molar-refractivity contribution in [2.75, 3.05) is 0 Å². The molecule has 1 aromatic rings. The quantitative estimate of drug-likeness (QED) is 0.839. The first-order valence-corrected chi connectivity index (χ1v) is 6.57. The van der Waals surface area contributed by atoms with E-state index in [1.54, 1.807) is 0 Å². The lowest BCUT2D eigenvalue weighted by atomic mass is 10.0. The zero-order valence-electron chi connectivity index (χ0n) is 9.40. The average Bonchev–Trinajstić information content (AvgIpc) is 2.27. The molecule has 0 amide bonds. The van der Waals surface area contributed by atoms with Crippen LogP contribution >= 0.6 is 0 Å². The zero-order valence-corrected chi connectivity index (χ0v) is 10.2. The summed E-state index contributed by atoms with van der Waals surface area (Å²) in [6, 6.07) is 5.30. The van der Waals surface area contributed by atoms with Crippen LogP contribution in [0.1, 0.15) is 25.3 Å². The van der Waals surface area contributed by atoms with Crippen molar-refractivity contribution < 1.29 is 21.6 Å². The van der Waals surface area contributed by atoms with Gasteiger partial charge in [0.25, 0.3) is 11.9 Å². The molecule has 0 radical (unpaired) electrons. The first kappa shape index (κ1) is 14.0. The minimum atomic E-state index is -4.60. The van der Waals surface area contributed by atoms with Crippen LogP contribution in [-0.2, 0) is 9.84 Å². The Bertz CT molecular complexity index is 466. The molecule has 17 heavy (non-hydrogen) atoms. The fourth-order valence-electron chi connectivity index (χ4n) is 1.31. The summed E-state index contributed by atoms with van der Waals surface area (Å²) in [4.78, 5) is -0.422. The Kier molecular flexibility index (Phi) is 4.19. The molecule has 0 saturated heterocycles. The molecule has 0 aromatic heterocycles. The van der Waals surface area contributed by atoms with Crippen molar-refractivity contribution in [2.24, 2.45) is 0 Å². The molecule has 0 aliphatic carbocycles. The number of alkyl halides is 3. The van der Waals surface area contributed by atoms with Crippen molar-refractivity contribution in [3.8, 4) is 0 Å². The summed E-state index contributed by atoms with van der Waals surface area (Å²) >= 11 is 0. The first-order valence-electron chi connectivity index (χ1n) is 5.03. The predicted octanol–water partition coefficient (Wildman–Crippen LogP) is 3.14. The Morgan fingerprint density at radius 1 is 1.00 bits per heavy atom. The van der Waals surface area contributed by atoms with Crippen LogP contribution in [0.25, 0.3) is 0 Å². The smallest absolute Gasteiger partial charge is 0.223 e. The zero-order chi connectivity index (χ0) is 13.2. The van der Waals surface area contributed by atoms with Crippen molar-refractivity contribution in [2.45, 2.75) is 36.6 Å². The van der Waals surface area contributed by atoms with Gasteiger partial charge in [-0.25, -0.2) is 21.6 Å². The maximum absolute atomic E-state index is 12.9. The summed E-state index contributed by atoms with van der Waals surface area (Å²) < 4.78 is 59.8. The highest BCUT2D eigenvalue weighted by molar-refractivity contribution is 7.92. The van der Waals surface area contributed by atoms with Crippen molar-refractivity contribution in [3.63, 3.8) is 0 Å². The number of hydrogen-bond acceptors (Lipinski definition) is 2.